The van der Waals surface area contributed by atoms with E-state index in [1.54, 1.807) is 18.2 Å². The van der Waals surface area contributed by atoms with Crippen LogP contribution < -0.4 is 4.74 Å². The zero-order valence-electron chi connectivity index (χ0n) is 9.62. The van der Waals surface area contributed by atoms with Gasteiger partial charge in [0.05, 0.1) is 7.11 Å². The average molecular weight is 251 g/mol. The highest BCUT2D eigenvalue weighted by molar-refractivity contribution is 5.86. The fourth-order valence-electron chi connectivity index (χ4n) is 1.80. The molecule has 96 valence electrons. The van der Waals surface area contributed by atoms with Crippen molar-refractivity contribution < 1.29 is 24.9 Å². The Hall–Kier alpha value is -2.05. The number of hydrogen-bond acceptors (Lipinski definition) is 4. The van der Waals surface area contributed by atoms with Crippen molar-refractivity contribution >= 4 is 16.9 Å². The van der Waals surface area contributed by atoms with Gasteiger partial charge < -0.3 is 25.0 Å². The van der Waals surface area contributed by atoms with Crippen LogP contribution in [-0.2, 0) is 4.79 Å². The van der Waals surface area contributed by atoms with E-state index in [-0.39, 0.29) is 0 Å². The van der Waals surface area contributed by atoms with Crippen molar-refractivity contribution in [3.8, 4) is 5.75 Å². The number of fused-ring (bicyclic) bond motifs is 1. The lowest BCUT2D eigenvalue weighted by atomic mass is 10.0. The molecular formula is C12H13NO5. The number of nitrogens with one attached hydrogen (secondary N) is 1. The predicted octanol–water partition coefficient (Wildman–Crippen LogP) is 0.655. The first kappa shape index (κ1) is 12.4. The maximum Gasteiger partial charge on any atom is 0.335 e. The largest absolute Gasteiger partial charge is 0.497 e. The second-order valence-corrected chi connectivity index (χ2v) is 3.88. The molecule has 1 aromatic carbocycles. The van der Waals surface area contributed by atoms with Crippen molar-refractivity contribution in [2.75, 3.05) is 7.11 Å². The highest BCUT2D eigenvalue weighted by Crippen LogP contribution is 2.29. The highest BCUT2D eigenvalue weighted by Gasteiger charge is 2.27. The van der Waals surface area contributed by atoms with E-state index < -0.39 is 18.2 Å². The first-order valence-electron chi connectivity index (χ1n) is 5.28. The summed E-state index contributed by atoms with van der Waals surface area (Å²) < 4.78 is 5.06. The number of ether oxygens (including phenoxy) is 1. The lowest BCUT2D eigenvalue weighted by Crippen LogP contribution is -2.27. The van der Waals surface area contributed by atoms with Gasteiger partial charge >= 0.3 is 5.97 Å². The molecule has 6 nitrogen and oxygen atoms in total. The summed E-state index contributed by atoms with van der Waals surface area (Å²) in [4.78, 5) is 13.5. The predicted molar refractivity (Wildman–Crippen MR) is 63.5 cm³/mol. The molecule has 0 aliphatic rings. The molecule has 0 aliphatic heterocycles. The maximum absolute atomic E-state index is 10.7. The maximum atomic E-state index is 10.7. The molecule has 2 unspecified atom stereocenters. The summed E-state index contributed by atoms with van der Waals surface area (Å²) in [7, 11) is 1.51. The third-order valence-electron chi connectivity index (χ3n) is 2.79. The minimum Gasteiger partial charge on any atom is -0.497 e. The van der Waals surface area contributed by atoms with Crippen LogP contribution in [0, 0.1) is 0 Å². The molecule has 2 aromatic rings. The summed E-state index contributed by atoms with van der Waals surface area (Å²) in [6, 6.07) is 5.15. The number of H-pyrrole nitrogens is 1. The monoisotopic (exact) mass is 251 g/mol. The van der Waals surface area contributed by atoms with Crippen molar-refractivity contribution in [2.45, 2.75) is 12.2 Å². The molecule has 18 heavy (non-hydrogen) atoms. The van der Waals surface area contributed by atoms with E-state index in [0.29, 0.717) is 16.7 Å². The third kappa shape index (κ3) is 2.03. The number of methoxy groups -OCH3 is 1. The number of carboxylic acids is 1. The second kappa shape index (κ2) is 4.67. The third-order valence-corrected chi connectivity index (χ3v) is 2.79. The lowest BCUT2D eigenvalue weighted by molar-refractivity contribution is -0.153. The van der Waals surface area contributed by atoms with Gasteiger partial charge in [-0.3, -0.25) is 0 Å². The van der Waals surface area contributed by atoms with Gasteiger partial charge in [0, 0.05) is 22.7 Å². The molecule has 1 heterocycles. The van der Waals surface area contributed by atoms with Gasteiger partial charge in [-0.25, -0.2) is 4.79 Å². The van der Waals surface area contributed by atoms with Crippen molar-refractivity contribution in [1.29, 1.82) is 0 Å². The van der Waals surface area contributed by atoms with Gasteiger partial charge in [0.2, 0.25) is 0 Å². The van der Waals surface area contributed by atoms with Gasteiger partial charge in [-0.05, 0) is 18.2 Å². The van der Waals surface area contributed by atoms with Crippen LogP contribution in [0.1, 0.15) is 11.7 Å². The molecule has 4 N–H and O–H groups in total. The topological polar surface area (TPSA) is 103 Å². The number of carbonyl (C=O) groups is 1. The lowest BCUT2D eigenvalue weighted by Gasteiger charge is -2.13. The van der Waals surface area contributed by atoms with Gasteiger partial charge in [-0.2, -0.15) is 0 Å². The zero-order valence-corrected chi connectivity index (χ0v) is 9.62. The number of rotatable bonds is 4. The van der Waals surface area contributed by atoms with Crippen LogP contribution in [0.4, 0.5) is 0 Å². The summed E-state index contributed by atoms with van der Waals surface area (Å²) in [6.45, 7) is 0. The molecule has 0 amide bonds. The Labute approximate surface area is 102 Å². The Morgan fingerprint density at radius 2 is 2.11 bits per heavy atom. The van der Waals surface area contributed by atoms with Crippen molar-refractivity contribution in [3.63, 3.8) is 0 Å². The van der Waals surface area contributed by atoms with Gasteiger partial charge in [0.25, 0.3) is 0 Å². The van der Waals surface area contributed by atoms with E-state index in [1.807, 2.05) is 0 Å². The molecule has 0 saturated carbocycles. The van der Waals surface area contributed by atoms with Crippen LogP contribution in [0.3, 0.4) is 0 Å². The van der Waals surface area contributed by atoms with Crippen LogP contribution in [0.25, 0.3) is 10.9 Å². The molecule has 2 rings (SSSR count). The molecule has 0 radical (unpaired) electrons. The van der Waals surface area contributed by atoms with E-state index in [2.05, 4.69) is 4.98 Å². The Morgan fingerprint density at radius 1 is 1.39 bits per heavy atom. The number of hydrogen-bond donors (Lipinski definition) is 4. The van der Waals surface area contributed by atoms with Crippen molar-refractivity contribution in [3.05, 3.63) is 30.0 Å². The normalized spacial score (nSPS) is 14.4. The Kier molecular flexibility index (Phi) is 3.22. The summed E-state index contributed by atoms with van der Waals surface area (Å²) >= 11 is 0. The van der Waals surface area contributed by atoms with E-state index in [9.17, 15) is 15.0 Å². The number of aromatic amines is 1. The summed E-state index contributed by atoms with van der Waals surface area (Å²) in [6.07, 6.45) is -1.89. The SMILES string of the molecule is COc1ccc2[nH]cc(C(O)C(O)C(=O)O)c2c1. The van der Waals surface area contributed by atoms with Crippen LogP contribution in [0.2, 0.25) is 0 Å². The van der Waals surface area contributed by atoms with Gasteiger partial charge in [0.1, 0.15) is 11.9 Å². The Balaban J connectivity index is 2.47. The smallest absolute Gasteiger partial charge is 0.335 e. The quantitative estimate of drug-likeness (QED) is 0.639. The van der Waals surface area contributed by atoms with Crippen molar-refractivity contribution in [1.82, 2.24) is 4.98 Å². The summed E-state index contributed by atoms with van der Waals surface area (Å²) in [5.41, 5.74) is 1.04. The van der Waals surface area contributed by atoms with Gasteiger partial charge in [-0.1, -0.05) is 0 Å². The van der Waals surface area contributed by atoms with E-state index in [0.717, 1.165) is 5.52 Å². The first-order valence-corrected chi connectivity index (χ1v) is 5.28. The van der Waals surface area contributed by atoms with Crippen LogP contribution in [0.15, 0.2) is 24.4 Å². The number of aromatic nitrogens is 1. The standard InChI is InChI=1S/C12H13NO5/c1-18-6-2-3-9-7(4-6)8(5-13-9)10(14)11(15)12(16)17/h2-5,10-11,13-15H,1H3,(H,16,17). The van der Waals surface area contributed by atoms with Gasteiger partial charge in [0.15, 0.2) is 6.10 Å². The van der Waals surface area contributed by atoms with E-state index >= 15 is 0 Å². The van der Waals surface area contributed by atoms with Crippen LogP contribution >= 0.6 is 0 Å². The number of aliphatic hydroxyl groups excluding tert-OH is 2. The molecule has 2 atom stereocenters. The number of aliphatic hydroxyl groups is 2. The van der Waals surface area contributed by atoms with Gasteiger partial charge in [-0.15, -0.1) is 0 Å². The van der Waals surface area contributed by atoms with E-state index in [4.69, 9.17) is 9.84 Å². The fourth-order valence-corrected chi connectivity index (χ4v) is 1.80. The average Bonchev–Trinajstić information content (AvgIpc) is 2.79. The Morgan fingerprint density at radius 3 is 2.72 bits per heavy atom. The molecule has 1 aromatic heterocycles. The molecular weight excluding hydrogens is 238 g/mol. The zero-order chi connectivity index (χ0) is 13.3. The highest BCUT2D eigenvalue weighted by atomic mass is 16.5. The number of carboxylic acid groups (broad SMARTS) is 1. The van der Waals surface area contributed by atoms with Crippen LogP contribution in [0.5, 0.6) is 5.75 Å². The molecule has 0 saturated heterocycles. The minimum absolute atomic E-state index is 0.318. The molecule has 6 heteroatoms. The Bertz CT molecular complexity index is 577. The number of aliphatic carboxylic acids is 1. The second-order valence-electron chi connectivity index (χ2n) is 3.88. The molecule has 0 spiro atoms. The minimum atomic E-state index is -1.87. The number of benzene rings is 1. The molecule has 0 aliphatic carbocycles. The molecule has 0 fully saturated rings. The van der Waals surface area contributed by atoms with Crippen LogP contribution in [-0.4, -0.2) is 39.5 Å². The summed E-state index contributed by atoms with van der Waals surface area (Å²) in [5.74, 6) is -0.889. The van der Waals surface area contributed by atoms with Crippen molar-refractivity contribution in [2.24, 2.45) is 0 Å². The summed E-state index contributed by atoms with van der Waals surface area (Å²) in [5, 5.41) is 28.5. The molecule has 0 bridgehead atoms. The van der Waals surface area contributed by atoms with E-state index in [1.165, 1.54) is 13.3 Å². The fraction of sp³-hybridized carbons (Fsp3) is 0.250. The first-order chi connectivity index (χ1) is 8.54.